The molecular weight excluding hydrogens is 370 g/mol. The van der Waals surface area contributed by atoms with Gasteiger partial charge in [0.05, 0.1) is 0 Å². The van der Waals surface area contributed by atoms with Gasteiger partial charge in [-0.05, 0) is 68.4 Å². The summed E-state index contributed by atoms with van der Waals surface area (Å²) in [6.07, 6.45) is 8.06. The van der Waals surface area contributed by atoms with E-state index in [2.05, 4.69) is 78.5 Å². The van der Waals surface area contributed by atoms with Gasteiger partial charge >= 0.3 is 0 Å². The van der Waals surface area contributed by atoms with Crippen LogP contribution in [0, 0.1) is 17.8 Å². The molecule has 4 fully saturated rings. The molecule has 1 heterocycles. The van der Waals surface area contributed by atoms with Gasteiger partial charge in [0.15, 0.2) is 5.84 Å². The Morgan fingerprint density at radius 2 is 1.47 bits per heavy atom. The van der Waals surface area contributed by atoms with Crippen LogP contribution >= 0.6 is 0 Å². The topological polar surface area (TPSA) is 28.1 Å². The van der Waals surface area contributed by atoms with Crippen molar-refractivity contribution in [3.05, 3.63) is 65.7 Å². The first kappa shape index (κ1) is 18.3. The first-order valence-electron chi connectivity index (χ1n) is 11.5. The van der Waals surface area contributed by atoms with Crippen molar-refractivity contribution < 1.29 is 4.84 Å². The number of hydrogen-bond acceptors (Lipinski definition) is 4. The number of oxime groups is 1. The molecule has 4 saturated carbocycles. The minimum atomic E-state index is -0.132. The first-order valence-corrected chi connectivity index (χ1v) is 11.5. The Bertz CT molecular complexity index is 915. The summed E-state index contributed by atoms with van der Waals surface area (Å²) >= 11 is 0. The van der Waals surface area contributed by atoms with Crippen LogP contribution in [0.3, 0.4) is 0 Å². The lowest BCUT2D eigenvalue weighted by molar-refractivity contribution is -0.116. The van der Waals surface area contributed by atoms with Crippen molar-refractivity contribution in [2.24, 2.45) is 22.9 Å². The number of rotatable bonds is 4. The normalized spacial score (nSPS) is 34.1. The Balaban J connectivity index is 1.41. The summed E-state index contributed by atoms with van der Waals surface area (Å²) < 4.78 is 0. The number of nitrogens with zero attached hydrogens (tertiary/aromatic N) is 3. The second-order valence-corrected chi connectivity index (χ2v) is 10.2. The van der Waals surface area contributed by atoms with Gasteiger partial charge in [0.2, 0.25) is 6.23 Å². The Morgan fingerprint density at radius 3 is 2.03 bits per heavy atom. The average molecular weight is 402 g/mol. The fraction of sp³-hybridized carbons (Fsp3) is 0.500. The third-order valence-corrected chi connectivity index (χ3v) is 7.95. The molecule has 0 aromatic heterocycles. The molecule has 4 aliphatic carbocycles. The van der Waals surface area contributed by atoms with E-state index in [1.165, 1.54) is 55.3 Å². The molecule has 4 bridgehead atoms. The van der Waals surface area contributed by atoms with Gasteiger partial charge in [0.1, 0.15) is 0 Å². The lowest BCUT2D eigenvalue weighted by Gasteiger charge is -2.60. The van der Waals surface area contributed by atoms with E-state index in [9.17, 15) is 0 Å². The highest BCUT2D eigenvalue weighted by molar-refractivity contribution is 5.99. The van der Waals surface area contributed by atoms with Crippen molar-refractivity contribution in [3.63, 3.8) is 0 Å². The number of hydrogen-bond donors (Lipinski definition) is 0. The van der Waals surface area contributed by atoms with Crippen molar-refractivity contribution in [2.75, 3.05) is 19.0 Å². The Labute approximate surface area is 179 Å². The van der Waals surface area contributed by atoms with E-state index >= 15 is 0 Å². The SMILES string of the molecule is CN(C)c1ccc([C@H]2ON=C(c3ccccc3)N2C23CC4CC(CC(C4)C2)C3)cc1. The zero-order chi connectivity index (χ0) is 20.3. The summed E-state index contributed by atoms with van der Waals surface area (Å²) in [6, 6.07) is 19.5. The Morgan fingerprint density at radius 1 is 0.867 bits per heavy atom. The molecule has 0 radical (unpaired) electrons. The number of anilines is 1. The molecular formula is C26H31N3O. The van der Waals surface area contributed by atoms with Gasteiger partial charge in [-0.2, -0.15) is 0 Å². The van der Waals surface area contributed by atoms with E-state index in [1.54, 1.807) is 0 Å². The van der Waals surface area contributed by atoms with E-state index in [4.69, 9.17) is 9.99 Å². The lowest BCUT2D eigenvalue weighted by Crippen LogP contribution is -2.61. The average Bonchev–Trinajstić information content (AvgIpc) is 3.20. The molecule has 156 valence electrons. The molecule has 0 amide bonds. The van der Waals surface area contributed by atoms with Crippen LogP contribution < -0.4 is 4.90 Å². The fourth-order valence-electron chi connectivity index (χ4n) is 7.06. The van der Waals surface area contributed by atoms with Crippen molar-refractivity contribution in [2.45, 2.75) is 50.3 Å². The molecule has 7 rings (SSSR count). The van der Waals surface area contributed by atoms with Crippen molar-refractivity contribution >= 4 is 11.5 Å². The number of amidine groups is 1. The highest BCUT2D eigenvalue weighted by Crippen LogP contribution is 2.60. The van der Waals surface area contributed by atoms with Crippen LogP contribution in [-0.4, -0.2) is 30.4 Å². The standard InChI is InChI=1S/C26H31N3O/c1-28(2)23-10-8-22(9-11-23)25-29(24(27-30-25)21-6-4-3-5-7-21)26-15-18-12-19(16-26)14-20(13-18)17-26/h3-11,18-20,25H,12-17H2,1-2H3/t18?,19?,20?,25-,26?/m1/s1. The predicted octanol–water partition coefficient (Wildman–Crippen LogP) is 5.41. The Hall–Kier alpha value is -2.49. The second-order valence-electron chi connectivity index (χ2n) is 10.2. The summed E-state index contributed by atoms with van der Waals surface area (Å²) in [5.41, 5.74) is 3.76. The van der Waals surface area contributed by atoms with Crippen molar-refractivity contribution in [1.82, 2.24) is 4.90 Å². The van der Waals surface area contributed by atoms with Gasteiger partial charge in [-0.25, -0.2) is 0 Å². The minimum Gasteiger partial charge on any atom is -0.378 e. The molecule has 0 unspecified atom stereocenters. The molecule has 1 aliphatic heterocycles. The molecule has 2 aromatic rings. The molecule has 0 N–H and O–H groups in total. The fourth-order valence-corrected chi connectivity index (χ4v) is 7.06. The third kappa shape index (κ3) is 2.84. The van der Waals surface area contributed by atoms with E-state index in [0.29, 0.717) is 0 Å². The summed E-state index contributed by atoms with van der Waals surface area (Å²) in [5.74, 6) is 3.67. The van der Waals surface area contributed by atoms with Gasteiger partial charge in [0.25, 0.3) is 0 Å². The first-order chi connectivity index (χ1) is 14.6. The maximum atomic E-state index is 6.21. The van der Waals surface area contributed by atoms with Crippen LogP contribution in [-0.2, 0) is 4.84 Å². The quantitative estimate of drug-likeness (QED) is 0.685. The van der Waals surface area contributed by atoms with E-state index in [-0.39, 0.29) is 11.8 Å². The van der Waals surface area contributed by atoms with E-state index in [0.717, 1.165) is 23.6 Å². The van der Waals surface area contributed by atoms with Crippen LogP contribution in [0.4, 0.5) is 5.69 Å². The highest BCUT2D eigenvalue weighted by atomic mass is 16.7. The highest BCUT2D eigenvalue weighted by Gasteiger charge is 2.57. The third-order valence-electron chi connectivity index (χ3n) is 7.95. The van der Waals surface area contributed by atoms with E-state index < -0.39 is 0 Å². The predicted molar refractivity (Wildman–Crippen MR) is 120 cm³/mol. The summed E-state index contributed by atoms with van der Waals surface area (Å²) in [5, 5.41) is 4.69. The lowest BCUT2D eigenvalue weighted by atomic mass is 9.52. The number of benzene rings is 2. The largest absolute Gasteiger partial charge is 0.378 e. The molecule has 4 nitrogen and oxygen atoms in total. The zero-order valence-corrected chi connectivity index (χ0v) is 18.0. The van der Waals surface area contributed by atoms with Crippen LogP contribution in [0.25, 0.3) is 0 Å². The minimum absolute atomic E-state index is 0.132. The van der Waals surface area contributed by atoms with Gasteiger partial charge in [-0.15, -0.1) is 0 Å². The molecule has 4 heteroatoms. The second kappa shape index (κ2) is 6.76. The molecule has 5 aliphatic rings. The smallest absolute Gasteiger partial charge is 0.227 e. The molecule has 0 spiro atoms. The monoisotopic (exact) mass is 401 g/mol. The van der Waals surface area contributed by atoms with E-state index in [1.807, 2.05) is 0 Å². The summed E-state index contributed by atoms with van der Waals surface area (Å²) in [7, 11) is 4.17. The van der Waals surface area contributed by atoms with Gasteiger partial charge in [-0.1, -0.05) is 47.6 Å². The van der Waals surface area contributed by atoms with Crippen LogP contribution in [0.1, 0.15) is 55.9 Å². The molecule has 0 saturated heterocycles. The molecule has 30 heavy (non-hydrogen) atoms. The van der Waals surface area contributed by atoms with Gasteiger partial charge in [0, 0.05) is 36.4 Å². The maximum absolute atomic E-state index is 6.21. The summed E-state index contributed by atoms with van der Waals surface area (Å²) in [4.78, 5) is 10.9. The van der Waals surface area contributed by atoms with Crippen molar-refractivity contribution in [3.8, 4) is 0 Å². The summed E-state index contributed by atoms with van der Waals surface area (Å²) in [6.45, 7) is 0. The molecule has 2 aromatic carbocycles. The zero-order valence-electron chi connectivity index (χ0n) is 18.0. The Kier molecular flexibility index (Phi) is 4.12. The van der Waals surface area contributed by atoms with Crippen LogP contribution in [0.5, 0.6) is 0 Å². The van der Waals surface area contributed by atoms with Gasteiger partial charge in [-0.3, -0.25) is 0 Å². The van der Waals surface area contributed by atoms with Crippen LogP contribution in [0.2, 0.25) is 0 Å². The maximum Gasteiger partial charge on any atom is 0.227 e. The van der Waals surface area contributed by atoms with Gasteiger partial charge < -0.3 is 14.6 Å². The van der Waals surface area contributed by atoms with Crippen LogP contribution in [0.15, 0.2) is 59.8 Å². The molecule has 1 atom stereocenters. The van der Waals surface area contributed by atoms with Crippen molar-refractivity contribution in [1.29, 1.82) is 0 Å².